The predicted octanol–water partition coefficient (Wildman–Crippen LogP) is 4.17. The number of rotatable bonds is 6. The Balaban J connectivity index is 1.57. The SMILES string of the molecule is CC(=O)Nc1ccc(NC(=O)N(S)c2ccc(NC(=O)CN3CCSCC3)c(Cl)c2)cc1. The predicted molar refractivity (Wildman–Crippen MR) is 135 cm³/mol. The molecule has 0 aliphatic carbocycles. The van der Waals surface area contributed by atoms with Crippen molar-refractivity contribution in [2.45, 2.75) is 6.92 Å². The molecule has 0 bridgehead atoms. The number of urea groups is 1. The number of hydrogen-bond donors (Lipinski definition) is 4. The van der Waals surface area contributed by atoms with Crippen LogP contribution in [0.2, 0.25) is 5.02 Å². The van der Waals surface area contributed by atoms with E-state index in [1.54, 1.807) is 42.5 Å². The third-order valence-corrected chi connectivity index (χ3v) is 6.26. The summed E-state index contributed by atoms with van der Waals surface area (Å²) in [5, 5.41) is 8.49. The molecule has 1 aliphatic rings. The van der Waals surface area contributed by atoms with E-state index >= 15 is 0 Å². The summed E-state index contributed by atoms with van der Waals surface area (Å²) in [5.41, 5.74) is 2.08. The maximum Gasteiger partial charge on any atom is 0.336 e. The lowest BCUT2D eigenvalue weighted by Gasteiger charge is -2.25. The molecule has 3 rings (SSSR count). The number of carbonyl (C=O) groups is 3. The molecule has 170 valence electrons. The van der Waals surface area contributed by atoms with E-state index in [-0.39, 0.29) is 11.8 Å². The smallest absolute Gasteiger partial charge is 0.326 e. The van der Waals surface area contributed by atoms with E-state index in [1.165, 1.54) is 6.92 Å². The summed E-state index contributed by atoms with van der Waals surface area (Å²) in [7, 11) is 0. The lowest BCUT2D eigenvalue weighted by Crippen LogP contribution is -2.38. The van der Waals surface area contributed by atoms with Crippen molar-refractivity contribution >= 4 is 76.8 Å². The van der Waals surface area contributed by atoms with Crippen LogP contribution in [0.5, 0.6) is 0 Å². The number of halogens is 1. The number of carbonyl (C=O) groups excluding carboxylic acids is 3. The second kappa shape index (κ2) is 11.5. The standard InChI is InChI=1S/C21H24ClN5O3S2/c1-14(28)23-15-2-4-16(5-3-15)24-21(30)27(31)17-6-7-19(18(22)12-17)25-20(29)13-26-8-10-32-11-9-26/h2-7,12,31H,8-11,13H2,1H3,(H,23,28)(H,24,30)(H,25,29). The molecule has 32 heavy (non-hydrogen) atoms. The van der Waals surface area contributed by atoms with Crippen molar-refractivity contribution in [3.63, 3.8) is 0 Å². The minimum Gasteiger partial charge on any atom is -0.326 e. The Kier molecular flexibility index (Phi) is 8.68. The minimum atomic E-state index is -0.489. The van der Waals surface area contributed by atoms with Crippen molar-refractivity contribution in [2.75, 3.05) is 51.4 Å². The molecule has 0 saturated carbocycles. The normalized spacial score (nSPS) is 13.8. The van der Waals surface area contributed by atoms with Gasteiger partial charge in [-0.15, -0.1) is 0 Å². The molecule has 2 aromatic rings. The average Bonchev–Trinajstić information content (AvgIpc) is 2.76. The molecule has 0 atom stereocenters. The van der Waals surface area contributed by atoms with Gasteiger partial charge in [0.2, 0.25) is 11.8 Å². The molecule has 1 heterocycles. The first-order chi connectivity index (χ1) is 15.3. The average molecular weight is 494 g/mol. The Hall–Kier alpha value is -2.40. The van der Waals surface area contributed by atoms with Crippen molar-refractivity contribution in [2.24, 2.45) is 0 Å². The summed E-state index contributed by atoms with van der Waals surface area (Å²) in [4.78, 5) is 38.0. The molecule has 1 saturated heterocycles. The number of nitrogens with one attached hydrogen (secondary N) is 3. The first-order valence-corrected chi connectivity index (χ1v) is 11.8. The molecule has 11 heteroatoms. The number of hydrogen-bond acceptors (Lipinski definition) is 6. The topological polar surface area (TPSA) is 93.8 Å². The van der Waals surface area contributed by atoms with Crippen LogP contribution in [0.25, 0.3) is 0 Å². The number of thioether (sulfide) groups is 1. The molecule has 3 N–H and O–H groups in total. The summed E-state index contributed by atoms with van der Waals surface area (Å²) in [6.07, 6.45) is 0. The van der Waals surface area contributed by atoms with Crippen LogP contribution in [0.3, 0.4) is 0 Å². The van der Waals surface area contributed by atoms with Crippen LogP contribution in [0.4, 0.5) is 27.5 Å². The monoisotopic (exact) mass is 493 g/mol. The van der Waals surface area contributed by atoms with E-state index in [4.69, 9.17) is 11.6 Å². The maximum atomic E-state index is 12.5. The van der Waals surface area contributed by atoms with E-state index in [1.807, 2.05) is 11.8 Å². The van der Waals surface area contributed by atoms with Gasteiger partial charge in [0, 0.05) is 42.9 Å². The Bertz CT molecular complexity index is 984. The van der Waals surface area contributed by atoms with Gasteiger partial charge in [0.05, 0.1) is 22.9 Å². The van der Waals surface area contributed by atoms with Crippen LogP contribution >= 0.6 is 36.2 Å². The Morgan fingerprint density at radius 3 is 2.25 bits per heavy atom. The summed E-state index contributed by atoms with van der Waals surface area (Å²) < 4.78 is 1.12. The third kappa shape index (κ3) is 7.06. The first-order valence-electron chi connectivity index (χ1n) is 9.89. The molecule has 0 radical (unpaired) electrons. The fraction of sp³-hybridized carbons (Fsp3) is 0.286. The minimum absolute atomic E-state index is 0.130. The fourth-order valence-corrected chi connectivity index (χ4v) is 4.40. The van der Waals surface area contributed by atoms with E-state index in [2.05, 4.69) is 33.7 Å². The van der Waals surface area contributed by atoms with E-state index in [0.717, 1.165) is 28.9 Å². The molecule has 1 aliphatic heterocycles. The first kappa shape index (κ1) is 24.2. The van der Waals surface area contributed by atoms with Gasteiger partial charge in [0.1, 0.15) is 0 Å². The number of thiol groups is 1. The van der Waals surface area contributed by atoms with E-state index in [9.17, 15) is 14.4 Å². The highest BCUT2D eigenvalue weighted by Gasteiger charge is 2.17. The second-order valence-corrected chi connectivity index (χ2v) is 9.13. The number of nitrogens with zero attached hydrogens (tertiary/aromatic N) is 2. The highest BCUT2D eigenvalue weighted by Crippen LogP contribution is 2.29. The number of amides is 4. The van der Waals surface area contributed by atoms with E-state index < -0.39 is 6.03 Å². The lowest BCUT2D eigenvalue weighted by molar-refractivity contribution is -0.117. The molecule has 2 aromatic carbocycles. The molecular formula is C21H24ClN5O3S2. The molecule has 0 aromatic heterocycles. The maximum absolute atomic E-state index is 12.5. The molecule has 0 unspecified atom stereocenters. The summed E-state index contributed by atoms with van der Waals surface area (Å²) in [6.45, 7) is 3.53. The highest BCUT2D eigenvalue weighted by molar-refractivity contribution is 7.99. The van der Waals surface area contributed by atoms with Crippen molar-refractivity contribution in [1.29, 1.82) is 0 Å². The highest BCUT2D eigenvalue weighted by atomic mass is 35.5. The van der Waals surface area contributed by atoms with Crippen LogP contribution in [0, 0.1) is 0 Å². The molecular weight excluding hydrogens is 470 g/mol. The molecule has 1 fully saturated rings. The van der Waals surface area contributed by atoms with Crippen LogP contribution < -0.4 is 20.3 Å². The van der Waals surface area contributed by atoms with Crippen molar-refractivity contribution < 1.29 is 14.4 Å². The van der Waals surface area contributed by atoms with Gasteiger partial charge in [-0.2, -0.15) is 11.8 Å². The van der Waals surface area contributed by atoms with Crippen LogP contribution in [-0.4, -0.2) is 53.9 Å². The van der Waals surface area contributed by atoms with Crippen molar-refractivity contribution in [3.05, 3.63) is 47.5 Å². The number of anilines is 4. The lowest BCUT2D eigenvalue weighted by atomic mass is 10.2. The summed E-state index contributed by atoms with van der Waals surface area (Å²) >= 11 is 12.5. The Morgan fingerprint density at radius 2 is 1.66 bits per heavy atom. The van der Waals surface area contributed by atoms with Gasteiger partial charge in [-0.25, -0.2) is 9.10 Å². The summed E-state index contributed by atoms with van der Waals surface area (Å²) in [6, 6.07) is 11.0. The van der Waals surface area contributed by atoms with Gasteiger partial charge < -0.3 is 16.0 Å². The quantitative estimate of drug-likeness (QED) is 0.453. The molecule has 4 amide bonds. The van der Waals surface area contributed by atoms with Gasteiger partial charge >= 0.3 is 6.03 Å². The number of benzene rings is 2. The van der Waals surface area contributed by atoms with Gasteiger partial charge in [-0.05, 0) is 42.5 Å². The Labute approximate surface area is 201 Å². The van der Waals surface area contributed by atoms with Gasteiger partial charge in [0.15, 0.2) is 0 Å². The Morgan fingerprint density at radius 1 is 1.03 bits per heavy atom. The zero-order valence-electron chi connectivity index (χ0n) is 17.4. The van der Waals surface area contributed by atoms with Crippen LogP contribution in [0.15, 0.2) is 42.5 Å². The van der Waals surface area contributed by atoms with Gasteiger partial charge in [-0.1, -0.05) is 24.4 Å². The van der Waals surface area contributed by atoms with Gasteiger partial charge in [0.25, 0.3) is 0 Å². The van der Waals surface area contributed by atoms with Crippen molar-refractivity contribution in [1.82, 2.24) is 4.90 Å². The van der Waals surface area contributed by atoms with Gasteiger partial charge in [-0.3, -0.25) is 14.5 Å². The van der Waals surface area contributed by atoms with Crippen LogP contribution in [-0.2, 0) is 9.59 Å². The van der Waals surface area contributed by atoms with E-state index in [0.29, 0.717) is 34.3 Å². The molecule has 0 spiro atoms. The van der Waals surface area contributed by atoms with Crippen molar-refractivity contribution in [3.8, 4) is 0 Å². The largest absolute Gasteiger partial charge is 0.336 e. The van der Waals surface area contributed by atoms with Crippen LogP contribution in [0.1, 0.15) is 6.92 Å². The zero-order chi connectivity index (χ0) is 23.1. The molecule has 8 nitrogen and oxygen atoms in total. The zero-order valence-corrected chi connectivity index (χ0v) is 19.9. The third-order valence-electron chi connectivity index (χ3n) is 4.59. The fourth-order valence-electron chi connectivity index (χ4n) is 3.02. The second-order valence-electron chi connectivity index (χ2n) is 7.10. The summed E-state index contributed by atoms with van der Waals surface area (Å²) in [5.74, 6) is 1.75.